The quantitative estimate of drug-likeness (QED) is 0.896. The van der Waals surface area contributed by atoms with Crippen molar-refractivity contribution in [1.29, 1.82) is 0 Å². The van der Waals surface area contributed by atoms with Gasteiger partial charge >= 0.3 is 0 Å². The van der Waals surface area contributed by atoms with Gasteiger partial charge in [0.2, 0.25) is 0 Å². The Morgan fingerprint density at radius 2 is 2.00 bits per heavy atom. The lowest BCUT2D eigenvalue weighted by Gasteiger charge is -2.06. The van der Waals surface area contributed by atoms with Gasteiger partial charge < -0.3 is 5.32 Å². The second kappa shape index (κ2) is 7.74. The molecule has 1 aromatic carbocycles. The molecule has 96 valence electrons. The Morgan fingerprint density at radius 3 is 2.67 bits per heavy atom. The molecule has 0 unspecified atom stereocenters. The molecule has 0 fully saturated rings. The van der Waals surface area contributed by atoms with Gasteiger partial charge in [-0.1, -0.05) is 39.7 Å². The molecule has 0 radical (unpaired) electrons. The maximum absolute atomic E-state index is 6.13. The minimum Gasteiger partial charge on any atom is -0.307 e. The molecule has 0 amide bonds. The molecule has 1 aromatic heterocycles. The summed E-state index contributed by atoms with van der Waals surface area (Å²) in [6, 6.07) is 11.8. The summed E-state index contributed by atoms with van der Waals surface area (Å²) >= 11 is 9.51. The van der Waals surface area contributed by atoms with E-state index < -0.39 is 0 Å². The number of aromatic nitrogens is 1. The molecule has 1 heterocycles. The zero-order valence-corrected chi connectivity index (χ0v) is 12.7. The van der Waals surface area contributed by atoms with E-state index in [2.05, 4.69) is 26.2 Å². The number of rotatable bonds is 4. The van der Waals surface area contributed by atoms with E-state index in [1.807, 2.05) is 36.4 Å². The molecule has 0 aliphatic rings. The summed E-state index contributed by atoms with van der Waals surface area (Å²) in [5, 5.41) is 4.09. The van der Waals surface area contributed by atoms with Crippen molar-refractivity contribution in [2.45, 2.75) is 13.1 Å². The van der Waals surface area contributed by atoms with Gasteiger partial charge in [0.05, 0.1) is 5.69 Å². The van der Waals surface area contributed by atoms with E-state index >= 15 is 0 Å². The number of halogens is 3. The van der Waals surface area contributed by atoms with E-state index in [1.165, 1.54) is 0 Å². The SMILES string of the molecule is Cl.Clc1cc(Br)ccc1CNCc1ccccn1. The molecule has 5 heteroatoms. The molecule has 0 bridgehead atoms. The van der Waals surface area contributed by atoms with Crippen LogP contribution in [0.25, 0.3) is 0 Å². The first kappa shape index (κ1) is 15.4. The van der Waals surface area contributed by atoms with Crippen LogP contribution >= 0.6 is 39.9 Å². The van der Waals surface area contributed by atoms with Crippen LogP contribution in [0.3, 0.4) is 0 Å². The lowest BCUT2D eigenvalue weighted by molar-refractivity contribution is 0.680. The Morgan fingerprint density at radius 1 is 1.17 bits per heavy atom. The van der Waals surface area contributed by atoms with Crippen molar-refractivity contribution >= 4 is 39.9 Å². The Kier molecular flexibility index (Phi) is 6.65. The predicted octanol–water partition coefficient (Wildman–Crippen LogP) is 4.21. The number of nitrogens with one attached hydrogen (secondary N) is 1. The van der Waals surface area contributed by atoms with Gasteiger partial charge in [0.15, 0.2) is 0 Å². The highest BCUT2D eigenvalue weighted by Crippen LogP contribution is 2.21. The second-order valence-electron chi connectivity index (χ2n) is 3.66. The zero-order chi connectivity index (χ0) is 12.1. The third-order valence-electron chi connectivity index (χ3n) is 2.36. The molecule has 1 N–H and O–H groups in total. The topological polar surface area (TPSA) is 24.9 Å². The summed E-state index contributed by atoms with van der Waals surface area (Å²) in [6.07, 6.45) is 1.80. The van der Waals surface area contributed by atoms with Gasteiger partial charge in [0.25, 0.3) is 0 Å². The van der Waals surface area contributed by atoms with Gasteiger partial charge in [-0.05, 0) is 29.8 Å². The first-order valence-corrected chi connectivity index (χ1v) is 6.47. The van der Waals surface area contributed by atoms with E-state index in [-0.39, 0.29) is 12.4 Å². The number of pyridine rings is 1. The molecule has 2 aromatic rings. The first-order chi connectivity index (χ1) is 8.25. The highest BCUT2D eigenvalue weighted by atomic mass is 79.9. The molecule has 0 atom stereocenters. The predicted molar refractivity (Wildman–Crippen MR) is 81.2 cm³/mol. The minimum atomic E-state index is 0. The van der Waals surface area contributed by atoms with Crippen LogP contribution < -0.4 is 5.32 Å². The number of benzene rings is 1. The monoisotopic (exact) mass is 346 g/mol. The Bertz CT molecular complexity index is 492. The summed E-state index contributed by atoms with van der Waals surface area (Å²) in [7, 11) is 0. The fraction of sp³-hybridized carbons (Fsp3) is 0.154. The van der Waals surface area contributed by atoms with Crippen LogP contribution in [0, 0.1) is 0 Å². The maximum Gasteiger partial charge on any atom is 0.0541 e. The number of hydrogen-bond acceptors (Lipinski definition) is 2. The van der Waals surface area contributed by atoms with Crippen molar-refractivity contribution in [3.8, 4) is 0 Å². The van der Waals surface area contributed by atoms with Crippen LogP contribution in [0.5, 0.6) is 0 Å². The van der Waals surface area contributed by atoms with E-state index in [1.54, 1.807) is 6.20 Å². The summed E-state index contributed by atoms with van der Waals surface area (Å²) in [4.78, 5) is 4.24. The number of nitrogens with zero attached hydrogens (tertiary/aromatic N) is 1. The minimum absolute atomic E-state index is 0. The van der Waals surface area contributed by atoms with Crippen molar-refractivity contribution in [2.75, 3.05) is 0 Å². The first-order valence-electron chi connectivity index (χ1n) is 5.30. The highest BCUT2D eigenvalue weighted by Gasteiger charge is 2.00. The standard InChI is InChI=1S/C13H12BrClN2.ClH/c14-11-5-4-10(13(15)7-11)8-16-9-12-3-1-2-6-17-12;/h1-7,16H,8-9H2;1H. The van der Waals surface area contributed by atoms with Crippen molar-refractivity contribution in [3.63, 3.8) is 0 Å². The van der Waals surface area contributed by atoms with Gasteiger partial charge in [-0.2, -0.15) is 0 Å². The largest absolute Gasteiger partial charge is 0.307 e. The molecule has 0 saturated carbocycles. The van der Waals surface area contributed by atoms with Gasteiger partial charge in [-0.25, -0.2) is 0 Å². The van der Waals surface area contributed by atoms with Gasteiger partial charge in [0, 0.05) is 28.8 Å². The normalized spacial score (nSPS) is 9.89. The molecule has 2 rings (SSSR count). The summed E-state index contributed by atoms with van der Waals surface area (Å²) in [6.45, 7) is 1.48. The maximum atomic E-state index is 6.13. The van der Waals surface area contributed by atoms with Crippen LogP contribution in [0.15, 0.2) is 47.1 Å². The third-order valence-corrected chi connectivity index (χ3v) is 3.21. The lowest BCUT2D eigenvalue weighted by atomic mass is 10.2. The smallest absolute Gasteiger partial charge is 0.0541 e. The van der Waals surface area contributed by atoms with Crippen LogP contribution in [0.4, 0.5) is 0 Å². The van der Waals surface area contributed by atoms with Gasteiger partial charge in [-0.15, -0.1) is 12.4 Å². The van der Waals surface area contributed by atoms with Gasteiger partial charge in [-0.3, -0.25) is 4.98 Å². The fourth-order valence-corrected chi connectivity index (χ4v) is 2.23. The van der Waals surface area contributed by atoms with Crippen LogP contribution in [-0.4, -0.2) is 4.98 Å². The third kappa shape index (κ3) is 4.58. The Labute approximate surface area is 126 Å². The molecule has 18 heavy (non-hydrogen) atoms. The summed E-state index contributed by atoms with van der Waals surface area (Å²) in [5.74, 6) is 0. The Hall–Kier alpha value is -0.610. The van der Waals surface area contributed by atoms with Crippen LogP contribution in [-0.2, 0) is 13.1 Å². The van der Waals surface area contributed by atoms with E-state index in [0.717, 1.165) is 33.8 Å². The van der Waals surface area contributed by atoms with Crippen molar-refractivity contribution in [1.82, 2.24) is 10.3 Å². The summed E-state index contributed by atoms with van der Waals surface area (Å²) in [5.41, 5.74) is 2.12. The zero-order valence-electron chi connectivity index (χ0n) is 9.57. The van der Waals surface area contributed by atoms with E-state index in [0.29, 0.717) is 0 Å². The average molecular weight is 348 g/mol. The second-order valence-corrected chi connectivity index (χ2v) is 4.98. The van der Waals surface area contributed by atoms with Crippen LogP contribution in [0.2, 0.25) is 5.02 Å². The highest BCUT2D eigenvalue weighted by molar-refractivity contribution is 9.10. The van der Waals surface area contributed by atoms with E-state index in [4.69, 9.17) is 11.6 Å². The molecule has 0 spiro atoms. The Balaban J connectivity index is 0.00000162. The van der Waals surface area contributed by atoms with Gasteiger partial charge in [0.1, 0.15) is 0 Å². The van der Waals surface area contributed by atoms with Crippen molar-refractivity contribution < 1.29 is 0 Å². The fourth-order valence-electron chi connectivity index (χ4n) is 1.49. The molecular formula is C13H13BrCl2N2. The van der Waals surface area contributed by atoms with Crippen molar-refractivity contribution in [3.05, 3.63) is 63.3 Å². The molecule has 0 aliphatic carbocycles. The molecular weight excluding hydrogens is 335 g/mol. The summed E-state index contributed by atoms with van der Waals surface area (Å²) < 4.78 is 0.996. The average Bonchev–Trinajstić information content (AvgIpc) is 2.33. The molecule has 2 nitrogen and oxygen atoms in total. The van der Waals surface area contributed by atoms with E-state index in [9.17, 15) is 0 Å². The lowest BCUT2D eigenvalue weighted by Crippen LogP contribution is -2.13. The van der Waals surface area contributed by atoms with Crippen LogP contribution in [0.1, 0.15) is 11.3 Å². The number of hydrogen-bond donors (Lipinski definition) is 1. The molecule has 0 saturated heterocycles. The molecule has 0 aliphatic heterocycles. The van der Waals surface area contributed by atoms with Crippen molar-refractivity contribution in [2.24, 2.45) is 0 Å².